The lowest BCUT2D eigenvalue weighted by Crippen LogP contribution is -2.25. The van der Waals surface area contributed by atoms with E-state index in [9.17, 15) is 4.39 Å². The maximum Gasteiger partial charge on any atom is 0.154 e. The van der Waals surface area contributed by atoms with E-state index in [0.29, 0.717) is 0 Å². The Hall–Kier alpha value is -3.48. The number of nitrogens with zero attached hydrogens (tertiary/aromatic N) is 6. The fourth-order valence-corrected chi connectivity index (χ4v) is 4.92. The molecular formula is C27H31FN6. The van der Waals surface area contributed by atoms with Gasteiger partial charge < -0.3 is 9.80 Å². The van der Waals surface area contributed by atoms with E-state index in [1.807, 2.05) is 35.0 Å². The number of halogens is 1. The molecule has 4 heterocycles. The molecule has 4 aromatic rings. The van der Waals surface area contributed by atoms with E-state index < -0.39 is 0 Å². The molecule has 0 radical (unpaired) electrons. The highest BCUT2D eigenvalue weighted by Crippen LogP contribution is 2.35. The van der Waals surface area contributed by atoms with Crippen molar-refractivity contribution >= 4 is 17.3 Å². The van der Waals surface area contributed by atoms with Crippen molar-refractivity contribution in [3.8, 4) is 11.4 Å². The molecule has 34 heavy (non-hydrogen) atoms. The first kappa shape index (κ1) is 22.3. The third-order valence-corrected chi connectivity index (χ3v) is 6.44. The van der Waals surface area contributed by atoms with Crippen LogP contribution >= 0.6 is 0 Å². The number of hydrogen-bond acceptors (Lipinski definition) is 5. The summed E-state index contributed by atoms with van der Waals surface area (Å²) in [6.07, 6.45) is 6.03. The molecule has 1 aliphatic heterocycles. The lowest BCUT2D eigenvalue weighted by molar-refractivity contribution is 0.617. The van der Waals surface area contributed by atoms with E-state index in [0.717, 1.165) is 79.6 Å². The van der Waals surface area contributed by atoms with Gasteiger partial charge in [-0.05, 0) is 67.6 Å². The van der Waals surface area contributed by atoms with Crippen LogP contribution in [0.15, 0.2) is 60.8 Å². The predicted molar refractivity (Wildman–Crippen MR) is 135 cm³/mol. The Kier molecular flexibility index (Phi) is 6.43. The predicted octanol–water partition coefficient (Wildman–Crippen LogP) is 5.90. The van der Waals surface area contributed by atoms with Gasteiger partial charge in [-0.1, -0.05) is 32.0 Å². The number of imidazole rings is 1. The number of anilines is 2. The second-order valence-electron chi connectivity index (χ2n) is 8.88. The fourth-order valence-electron chi connectivity index (χ4n) is 4.92. The average Bonchev–Trinajstić information content (AvgIpc) is 3.51. The summed E-state index contributed by atoms with van der Waals surface area (Å²) < 4.78 is 15.8. The largest absolute Gasteiger partial charge is 0.357 e. The molecule has 176 valence electrons. The van der Waals surface area contributed by atoms with Crippen LogP contribution in [0.25, 0.3) is 17.0 Å². The highest BCUT2D eigenvalue weighted by molar-refractivity contribution is 5.62. The third-order valence-electron chi connectivity index (χ3n) is 6.44. The van der Waals surface area contributed by atoms with Crippen LogP contribution in [-0.2, 0) is 0 Å². The molecule has 0 amide bonds. The summed E-state index contributed by atoms with van der Waals surface area (Å²) in [5.74, 6) is 1.65. The van der Waals surface area contributed by atoms with E-state index in [1.165, 1.54) is 6.07 Å². The summed E-state index contributed by atoms with van der Waals surface area (Å²) in [7, 11) is 0. The molecule has 0 spiro atoms. The second kappa shape index (κ2) is 9.79. The van der Waals surface area contributed by atoms with Gasteiger partial charge in [0.15, 0.2) is 5.65 Å². The van der Waals surface area contributed by atoms with Crippen LogP contribution < -0.4 is 9.80 Å². The van der Waals surface area contributed by atoms with Crippen molar-refractivity contribution in [2.24, 2.45) is 0 Å². The summed E-state index contributed by atoms with van der Waals surface area (Å²) in [5.41, 5.74) is 3.50. The Balaban J connectivity index is 1.50. The molecular weight excluding hydrogens is 427 g/mol. The van der Waals surface area contributed by atoms with Crippen LogP contribution in [-0.4, -0.2) is 39.2 Å². The van der Waals surface area contributed by atoms with Gasteiger partial charge in [-0.2, -0.15) is 0 Å². The van der Waals surface area contributed by atoms with Crippen LogP contribution in [0.2, 0.25) is 0 Å². The van der Waals surface area contributed by atoms with Gasteiger partial charge in [-0.15, -0.1) is 5.10 Å². The van der Waals surface area contributed by atoms with E-state index in [2.05, 4.69) is 40.8 Å². The Bertz CT molecular complexity index is 1260. The van der Waals surface area contributed by atoms with Crippen molar-refractivity contribution in [1.29, 1.82) is 0 Å². The summed E-state index contributed by atoms with van der Waals surface area (Å²) in [5, 5.41) is 4.97. The van der Waals surface area contributed by atoms with E-state index in [4.69, 9.17) is 10.1 Å². The zero-order valence-electron chi connectivity index (χ0n) is 19.9. The minimum atomic E-state index is -0.198. The Morgan fingerprint density at radius 2 is 1.85 bits per heavy atom. The fraction of sp³-hybridized carbons (Fsp3) is 0.370. The summed E-state index contributed by atoms with van der Waals surface area (Å²) in [4.78, 5) is 14.2. The van der Waals surface area contributed by atoms with Gasteiger partial charge >= 0.3 is 0 Å². The topological polar surface area (TPSA) is 49.6 Å². The standard InChI is InChI=1S/C27H31FN6/c1-3-15-32(16-4-2)26-12-6-10-22(30-26)24-19-29-25-13-14-27(31-34(24)25)33-17-7-11-23(33)20-8-5-9-21(28)18-20/h5-6,8-10,12-14,18-19,23H,3-4,7,11,15-17H2,1-2H3/t23-/m1/s1. The van der Waals surface area contributed by atoms with Crippen molar-refractivity contribution in [2.75, 3.05) is 29.4 Å². The summed E-state index contributed by atoms with van der Waals surface area (Å²) in [6, 6.07) is 17.2. The first-order chi connectivity index (χ1) is 16.7. The SMILES string of the molecule is CCCN(CCC)c1cccc(-c2cnc3ccc(N4CCC[C@@H]4c4cccc(F)c4)nn23)n1. The van der Waals surface area contributed by atoms with Gasteiger partial charge in [-0.3, -0.25) is 0 Å². The van der Waals surface area contributed by atoms with Crippen molar-refractivity contribution in [3.05, 3.63) is 72.2 Å². The minimum Gasteiger partial charge on any atom is -0.357 e. The van der Waals surface area contributed by atoms with E-state index >= 15 is 0 Å². The zero-order chi connectivity index (χ0) is 23.5. The normalized spacial score (nSPS) is 15.9. The molecule has 6 nitrogen and oxygen atoms in total. The number of hydrogen-bond donors (Lipinski definition) is 0. The molecule has 1 atom stereocenters. The first-order valence-corrected chi connectivity index (χ1v) is 12.3. The Morgan fingerprint density at radius 1 is 1.03 bits per heavy atom. The van der Waals surface area contributed by atoms with Crippen molar-refractivity contribution in [1.82, 2.24) is 19.6 Å². The summed E-state index contributed by atoms with van der Waals surface area (Å²) >= 11 is 0. The van der Waals surface area contributed by atoms with Crippen LogP contribution in [0.1, 0.15) is 51.1 Å². The molecule has 0 saturated carbocycles. The van der Waals surface area contributed by atoms with Crippen molar-refractivity contribution < 1.29 is 4.39 Å². The molecule has 3 aromatic heterocycles. The number of fused-ring (bicyclic) bond motifs is 1. The van der Waals surface area contributed by atoms with Crippen LogP contribution in [0.3, 0.4) is 0 Å². The number of pyridine rings is 1. The Morgan fingerprint density at radius 3 is 2.65 bits per heavy atom. The highest BCUT2D eigenvalue weighted by Gasteiger charge is 2.28. The number of rotatable bonds is 8. The van der Waals surface area contributed by atoms with Crippen LogP contribution in [0.5, 0.6) is 0 Å². The Labute approximate surface area is 200 Å². The quantitative estimate of drug-likeness (QED) is 0.329. The van der Waals surface area contributed by atoms with Gasteiger partial charge in [0, 0.05) is 19.6 Å². The molecule has 1 saturated heterocycles. The van der Waals surface area contributed by atoms with Gasteiger partial charge in [0.2, 0.25) is 0 Å². The molecule has 0 bridgehead atoms. The van der Waals surface area contributed by atoms with Crippen molar-refractivity contribution in [3.63, 3.8) is 0 Å². The van der Waals surface area contributed by atoms with Gasteiger partial charge in [0.05, 0.1) is 17.9 Å². The lowest BCUT2D eigenvalue weighted by Gasteiger charge is -2.26. The monoisotopic (exact) mass is 458 g/mol. The van der Waals surface area contributed by atoms with E-state index in [1.54, 1.807) is 12.1 Å². The number of benzene rings is 1. The van der Waals surface area contributed by atoms with Crippen LogP contribution in [0.4, 0.5) is 16.0 Å². The molecule has 1 aromatic carbocycles. The highest BCUT2D eigenvalue weighted by atomic mass is 19.1. The molecule has 7 heteroatoms. The van der Waals surface area contributed by atoms with Gasteiger partial charge in [0.1, 0.15) is 23.1 Å². The molecule has 0 unspecified atom stereocenters. The first-order valence-electron chi connectivity index (χ1n) is 12.3. The second-order valence-corrected chi connectivity index (χ2v) is 8.88. The lowest BCUT2D eigenvalue weighted by atomic mass is 10.0. The van der Waals surface area contributed by atoms with Gasteiger partial charge in [0.25, 0.3) is 0 Å². The average molecular weight is 459 g/mol. The maximum atomic E-state index is 13.9. The smallest absolute Gasteiger partial charge is 0.154 e. The molecule has 1 aliphatic rings. The van der Waals surface area contributed by atoms with E-state index in [-0.39, 0.29) is 11.9 Å². The zero-order valence-corrected chi connectivity index (χ0v) is 19.9. The van der Waals surface area contributed by atoms with Crippen LogP contribution in [0, 0.1) is 5.82 Å². The summed E-state index contributed by atoms with van der Waals surface area (Å²) in [6.45, 7) is 7.24. The number of aromatic nitrogens is 4. The molecule has 0 N–H and O–H groups in total. The molecule has 1 fully saturated rings. The minimum absolute atomic E-state index is 0.116. The molecule has 0 aliphatic carbocycles. The third kappa shape index (κ3) is 4.34. The van der Waals surface area contributed by atoms with Gasteiger partial charge in [-0.25, -0.2) is 18.9 Å². The van der Waals surface area contributed by atoms with Crippen molar-refractivity contribution in [2.45, 2.75) is 45.6 Å². The maximum absolute atomic E-state index is 13.9. The molecule has 5 rings (SSSR count).